The molecule has 1 N–H and O–H groups in total. The highest BCUT2D eigenvalue weighted by Crippen LogP contribution is 2.44. The SMILES string of the molecule is COC1(CC2CCS(=O)(=O)C2(C)C)CCNCC1. The molecule has 0 aromatic heterocycles. The third-order valence-corrected chi connectivity index (χ3v) is 7.80. The predicted octanol–water partition coefficient (Wildman–Crippen LogP) is 1.36. The van der Waals surface area contributed by atoms with E-state index in [1.807, 2.05) is 13.8 Å². The summed E-state index contributed by atoms with van der Waals surface area (Å²) in [6.07, 6.45) is 3.62. The molecule has 0 aromatic carbocycles. The third-order valence-electron chi connectivity index (χ3n) is 5.09. The van der Waals surface area contributed by atoms with Gasteiger partial charge in [0.2, 0.25) is 0 Å². The molecule has 5 heteroatoms. The van der Waals surface area contributed by atoms with E-state index >= 15 is 0 Å². The average molecular weight is 275 g/mol. The van der Waals surface area contributed by atoms with Gasteiger partial charge < -0.3 is 10.1 Å². The molecule has 0 bridgehead atoms. The number of sulfone groups is 1. The van der Waals surface area contributed by atoms with Crippen molar-refractivity contribution in [2.75, 3.05) is 26.0 Å². The highest BCUT2D eigenvalue weighted by atomic mass is 32.2. The summed E-state index contributed by atoms with van der Waals surface area (Å²) in [6, 6.07) is 0. The van der Waals surface area contributed by atoms with E-state index in [1.165, 1.54) is 0 Å². The first kappa shape index (κ1) is 14.3. The highest BCUT2D eigenvalue weighted by molar-refractivity contribution is 7.93. The standard InChI is InChI=1S/C13H25NO3S/c1-12(2)11(4-9-18(12,15)16)10-13(17-3)5-7-14-8-6-13/h11,14H,4-10H2,1-3H3. The average Bonchev–Trinajstić information content (AvgIpc) is 2.53. The van der Waals surface area contributed by atoms with Crippen LogP contribution in [0.2, 0.25) is 0 Å². The Labute approximate surface area is 110 Å². The Bertz CT molecular complexity index is 396. The molecule has 2 heterocycles. The first-order valence-electron chi connectivity index (χ1n) is 6.81. The van der Waals surface area contributed by atoms with Crippen LogP contribution in [0.4, 0.5) is 0 Å². The largest absolute Gasteiger partial charge is 0.378 e. The molecule has 4 nitrogen and oxygen atoms in total. The van der Waals surface area contributed by atoms with Gasteiger partial charge in [-0.15, -0.1) is 0 Å². The van der Waals surface area contributed by atoms with Crippen LogP contribution >= 0.6 is 0 Å². The highest BCUT2D eigenvalue weighted by Gasteiger charge is 2.50. The maximum Gasteiger partial charge on any atom is 0.155 e. The number of hydrogen-bond donors (Lipinski definition) is 1. The van der Waals surface area contributed by atoms with Gasteiger partial charge in [-0.2, -0.15) is 0 Å². The third kappa shape index (κ3) is 2.32. The summed E-state index contributed by atoms with van der Waals surface area (Å²) in [4.78, 5) is 0. The van der Waals surface area contributed by atoms with Gasteiger partial charge in [0.05, 0.1) is 16.1 Å². The van der Waals surface area contributed by atoms with Gasteiger partial charge >= 0.3 is 0 Å². The van der Waals surface area contributed by atoms with Crippen LogP contribution in [0.3, 0.4) is 0 Å². The summed E-state index contributed by atoms with van der Waals surface area (Å²) in [5, 5.41) is 3.34. The molecule has 2 aliphatic rings. The van der Waals surface area contributed by atoms with E-state index in [1.54, 1.807) is 7.11 Å². The summed E-state index contributed by atoms with van der Waals surface area (Å²) >= 11 is 0. The molecule has 0 saturated carbocycles. The Kier molecular flexibility index (Phi) is 3.78. The van der Waals surface area contributed by atoms with Crippen LogP contribution in [0.15, 0.2) is 0 Å². The van der Waals surface area contributed by atoms with Crippen LogP contribution in [0.1, 0.15) is 39.5 Å². The zero-order chi connectivity index (χ0) is 13.4. The number of methoxy groups -OCH3 is 1. The van der Waals surface area contributed by atoms with Crippen molar-refractivity contribution in [1.29, 1.82) is 0 Å². The fourth-order valence-corrected chi connectivity index (χ4v) is 5.16. The van der Waals surface area contributed by atoms with Gasteiger partial charge in [0.25, 0.3) is 0 Å². The minimum Gasteiger partial charge on any atom is -0.378 e. The molecule has 0 spiro atoms. The zero-order valence-corrected chi connectivity index (χ0v) is 12.5. The van der Waals surface area contributed by atoms with Crippen molar-refractivity contribution in [2.24, 2.45) is 5.92 Å². The molecular weight excluding hydrogens is 250 g/mol. The second-order valence-electron chi connectivity index (χ2n) is 6.25. The summed E-state index contributed by atoms with van der Waals surface area (Å²) in [7, 11) is -1.16. The Morgan fingerprint density at radius 3 is 2.33 bits per heavy atom. The first-order valence-corrected chi connectivity index (χ1v) is 8.46. The van der Waals surface area contributed by atoms with Gasteiger partial charge in [-0.1, -0.05) is 0 Å². The smallest absolute Gasteiger partial charge is 0.155 e. The maximum absolute atomic E-state index is 12.1. The van der Waals surface area contributed by atoms with Crippen LogP contribution < -0.4 is 5.32 Å². The Morgan fingerprint density at radius 1 is 1.28 bits per heavy atom. The molecule has 18 heavy (non-hydrogen) atoms. The fourth-order valence-electron chi connectivity index (χ4n) is 3.33. The molecule has 2 aliphatic heterocycles. The van der Waals surface area contributed by atoms with Crippen molar-refractivity contribution >= 4 is 9.84 Å². The zero-order valence-electron chi connectivity index (χ0n) is 11.7. The van der Waals surface area contributed by atoms with Crippen LogP contribution in [0.5, 0.6) is 0 Å². The molecule has 1 atom stereocenters. The lowest BCUT2D eigenvalue weighted by atomic mass is 9.78. The first-order chi connectivity index (χ1) is 8.33. The van der Waals surface area contributed by atoms with E-state index in [4.69, 9.17) is 4.74 Å². The molecule has 106 valence electrons. The molecule has 0 aromatic rings. The van der Waals surface area contributed by atoms with Crippen molar-refractivity contribution in [3.05, 3.63) is 0 Å². The lowest BCUT2D eigenvalue weighted by Crippen LogP contribution is -2.47. The van der Waals surface area contributed by atoms with Gasteiger partial charge in [-0.05, 0) is 58.5 Å². The van der Waals surface area contributed by atoms with Gasteiger partial charge in [-0.3, -0.25) is 0 Å². The van der Waals surface area contributed by atoms with Crippen molar-refractivity contribution < 1.29 is 13.2 Å². The Balaban J connectivity index is 2.14. The van der Waals surface area contributed by atoms with E-state index in [0.717, 1.165) is 38.8 Å². The van der Waals surface area contributed by atoms with Crippen LogP contribution in [0.25, 0.3) is 0 Å². The molecule has 1 unspecified atom stereocenters. The number of rotatable bonds is 3. The van der Waals surface area contributed by atoms with Crippen molar-refractivity contribution in [3.8, 4) is 0 Å². The normalized spacial score (nSPS) is 33.4. The maximum atomic E-state index is 12.1. The van der Waals surface area contributed by atoms with E-state index in [0.29, 0.717) is 5.75 Å². The second-order valence-corrected chi connectivity index (χ2v) is 8.94. The quantitative estimate of drug-likeness (QED) is 0.845. The number of nitrogens with one attached hydrogen (secondary N) is 1. The molecule has 2 saturated heterocycles. The molecule has 2 fully saturated rings. The summed E-state index contributed by atoms with van der Waals surface area (Å²) in [5.74, 6) is 0.559. The van der Waals surface area contributed by atoms with Crippen molar-refractivity contribution in [1.82, 2.24) is 5.32 Å². The fraction of sp³-hybridized carbons (Fsp3) is 1.00. The number of hydrogen-bond acceptors (Lipinski definition) is 4. The van der Waals surface area contributed by atoms with Gasteiger partial charge in [0.15, 0.2) is 9.84 Å². The van der Waals surface area contributed by atoms with Crippen LogP contribution in [-0.2, 0) is 14.6 Å². The monoisotopic (exact) mass is 275 g/mol. The summed E-state index contributed by atoms with van der Waals surface area (Å²) < 4.78 is 29.3. The Morgan fingerprint density at radius 2 is 1.89 bits per heavy atom. The second kappa shape index (κ2) is 4.76. The summed E-state index contributed by atoms with van der Waals surface area (Å²) in [6.45, 7) is 5.69. The lowest BCUT2D eigenvalue weighted by molar-refractivity contribution is -0.0537. The predicted molar refractivity (Wildman–Crippen MR) is 72.4 cm³/mol. The van der Waals surface area contributed by atoms with Crippen LogP contribution in [0, 0.1) is 5.92 Å². The molecule has 0 amide bonds. The molecule has 0 aliphatic carbocycles. The molecular formula is C13H25NO3S. The number of ether oxygens (including phenoxy) is 1. The van der Waals surface area contributed by atoms with Crippen molar-refractivity contribution in [3.63, 3.8) is 0 Å². The Hall–Kier alpha value is -0.130. The minimum absolute atomic E-state index is 0.118. The van der Waals surface area contributed by atoms with E-state index in [-0.39, 0.29) is 11.5 Å². The lowest BCUT2D eigenvalue weighted by Gasteiger charge is -2.40. The van der Waals surface area contributed by atoms with Gasteiger partial charge in [-0.25, -0.2) is 8.42 Å². The van der Waals surface area contributed by atoms with Gasteiger partial charge in [0, 0.05) is 7.11 Å². The van der Waals surface area contributed by atoms with Crippen LogP contribution in [-0.4, -0.2) is 44.7 Å². The number of piperidine rings is 1. The van der Waals surface area contributed by atoms with Gasteiger partial charge in [0.1, 0.15) is 0 Å². The van der Waals surface area contributed by atoms with Crippen molar-refractivity contribution in [2.45, 2.75) is 49.9 Å². The minimum atomic E-state index is -2.93. The summed E-state index contributed by atoms with van der Waals surface area (Å²) in [5.41, 5.74) is -0.118. The van der Waals surface area contributed by atoms with E-state index in [9.17, 15) is 8.42 Å². The molecule has 2 rings (SSSR count). The van der Waals surface area contributed by atoms with E-state index in [2.05, 4.69) is 5.32 Å². The molecule has 0 radical (unpaired) electrons. The topological polar surface area (TPSA) is 55.4 Å². The van der Waals surface area contributed by atoms with E-state index < -0.39 is 14.6 Å².